The van der Waals surface area contributed by atoms with Crippen LogP contribution >= 0.6 is 11.6 Å². The number of pyridine rings is 1. The third kappa shape index (κ3) is 5.14. The molecule has 0 aliphatic carbocycles. The second-order valence-corrected chi connectivity index (χ2v) is 6.43. The third-order valence-electron chi connectivity index (χ3n) is 3.99. The van der Waals surface area contributed by atoms with Crippen molar-refractivity contribution in [1.29, 1.82) is 0 Å². The first-order chi connectivity index (χ1) is 13.5. The summed E-state index contributed by atoms with van der Waals surface area (Å²) in [7, 11) is 0. The minimum atomic E-state index is -0.596. The van der Waals surface area contributed by atoms with Crippen LogP contribution in [-0.2, 0) is 6.42 Å². The molecule has 0 saturated heterocycles. The van der Waals surface area contributed by atoms with E-state index in [1.807, 2.05) is 12.1 Å². The number of aromatic nitrogens is 1. The Balaban J connectivity index is 1.60. The molecule has 3 rings (SSSR count). The molecule has 2 N–H and O–H groups in total. The number of para-hydroxylation sites is 1. The van der Waals surface area contributed by atoms with Gasteiger partial charge in [0.2, 0.25) is 0 Å². The summed E-state index contributed by atoms with van der Waals surface area (Å²) in [6.07, 6.45) is 2.01. The van der Waals surface area contributed by atoms with Gasteiger partial charge < -0.3 is 10.6 Å². The van der Waals surface area contributed by atoms with Gasteiger partial charge in [-0.15, -0.1) is 0 Å². The van der Waals surface area contributed by atoms with E-state index in [1.165, 1.54) is 36.5 Å². The Morgan fingerprint density at radius 1 is 1.00 bits per heavy atom. The molecule has 0 fully saturated rings. The zero-order valence-electron chi connectivity index (χ0n) is 14.8. The first-order valence-electron chi connectivity index (χ1n) is 8.57. The van der Waals surface area contributed by atoms with Gasteiger partial charge in [0.05, 0.1) is 5.69 Å². The van der Waals surface area contributed by atoms with Crippen molar-refractivity contribution in [2.75, 3.05) is 11.9 Å². The van der Waals surface area contributed by atoms with Crippen molar-refractivity contribution < 1.29 is 14.0 Å². The van der Waals surface area contributed by atoms with Gasteiger partial charge in [-0.05, 0) is 48.4 Å². The lowest BCUT2D eigenvalue weighted by atomic mass is 10.1. The van der Waals surface area contributed by atoms with Gasteiger partial charge in [-0.2, -0.15) is 0 Å². The summed E-state index contributed by atoms with van der Waals surface area (Å²) in [5.41, 5.74) is 1.41. The predicted octanol–water partition coefficient (Wildman–Crippen LogP) is 4.10. The quantitative estimate of drug-likeness (QED) is 0.657. The molecule has 1 heterocycles. The number of anilines is 1. The highest BCUT2D eigenvalue weighted by atomic mass is 35.5. The molecule has 7 heteroatoms. The first kappa shape index (κ1) is 19.5. The summed E-state index contributed by atoms with van der Waals surface area (Å²) in [6.45, 7) is 0.430. The lowest BCUT2D eigenvalue weighted by Crippen LogP contribution is -2.26. The number of benzene rings is 2. The number of carbonyl (C=O) groups excluding carboxylic acids is 2. The molecule has 5 nitrogen and oxygen atoms in total. The number of carbonyl (C=O) groups is 2. The first-order valence-corrected chi connectivity index (χ1v) is 8.95. The van der Waals surface area contributed by atoms with Crippen LogP contribution in [0.15, 0.2) is 66.9 Å². The van der Waals surface area contributed by atoms with E-state index in [0.29, 0.717) is 23.6 Å². The molecule has 0 aliphatic rings. The Bertz CT molecular complexity index is 993. The molecule has 28 heavy (non-hydrogen) atoms. The van der Waals surface area contributed by atoms with Crippen molar-refractivity contribution in [3.8, 4) is 0 Å². The standard InChI is InChI=1S/C21H17ClFN3O2/c22-16-7-5-14(6-8-16)9-11-25-20(27)15-10-12-24-19(13-15)21(28)26-18-4-2-1-3-17(18)23/h1-8,10,12-13H,9,11H2,(H,25,27)(H,26,28). The predicted molar refractivity (Wildman–Crippen MR) is 106 cm³/mol. The molecule has 0 bridgehead atoms. The normalized spacial score (nSPS) is 10.4. The summed E-state index contributed by atoms with van der Waals surface area (Å²) < 4.78 is 13.7. The van der Waals surface area contributed by atoms with Gasteiger partial charge in [-0.1, -0.05) is 35.9 Å². The highest BCUT2D eigenvalue weighted by Gasteiger charge is 2.13. The minimum Gasteiger partial charge on any atom is -0.352 e. The van der Waals surface area contributed by atoms with Crippen LogP contribution in [0.4, 0.5) is 10.1 Å². The molecular formula is C21H17ClFN3O2. The number of hydrogen-bond acceptors (Lipinski definition) is 3. The average Bonchev–Trinajstić information content (AvgIpc) is 2.71. The Morgan fingerprint density at radius 2 is 1.75 bits per heavy atom. The van der Waals surface area contributed by atoms with E-state index in [0.717, 1.165) is 5.56 Å². The van der Waals surface area contributed by atoms with E-state index in [4.69, 9.17) is 11.6 Å². The molecule has 3 aromatic rings. The topological polar surface area (TPSA) is 71.1 Å². The molecule has 1 aromatic heterocycles. The fourth-order valence-electron chi connectivity index (χ4n) is 2.52. The van der Waals surface area contributed by atoms with E-state index in [1.54, 1.807) is 18.2 Å². The summed E-state index contributed by atoms with van der Waals surface area (Å²) >= 11 is 5.85. The molecule has 0 atom stereocenters. The zero-order chi connectivity index (χ0) is 19.9. The SMILES string of the molecule is O=C(NCCc1ccc(Cl)cc1)c1ccnc(C(=O)Nc2ccccc2F)c1. The van der Waals surface area contributed by atoms with E-state index in [2.05, 4.69) is 15.6 Å². The Kier molecular flexibility index (Phi) is 6.34. The van der Waals surface area contributed by atoms with E-state index >= 15 is 0 Å². The Hall–Kier alpha value is -3.25. The zero-order valence-corrected chi connectivity index (χ0v) is 15.5. The van der Waals surface area contributed by atoms with E-state index in [-0.39, 0.29) is 17.3 Å². The smallest absolute Gasteiger partial charge is 0.274 e. The number of hydrogen-bond donors (Lipinski definition) is 2. The maximum atomic E-state index is 13.7. The fraction of sp³-hybridized carbons (Fsp3) is 0.0952. The molecular weight excluding hydrogens is 381 g/mol. The van der Waals surface area contributed by atoms with Crippen LogP contribution in [0, 0.1) is 5.82 Å². The number of rotatable bonds is 6. The summed E-state index contributed by atoms with van der Waals surface area (Å²) in [4.78, 5) is 28.6. The second kappa shape index (κ2) is 9.10. The summed E-state index contributed by atoms with van der Waals surface area (Å²) in [5.74, 6) is -1.47. The molecule has 2 amide bonds. The van der Waals surface area contributed by atoms with Crippen molar-refractivity contribution in [1.82, 2.24) is 10.3 Å². The van der Waals surface area contributed by atoms with Crippen molar-refractivity contribution >= 4 is 29.1 Å². The van der Waals surface area contributed by atoms with Gasteiger partial charge in [-0.25, -0.2) is 4.39 Å². The Labute approximate surface area is 166 Å². The van der Waals surface area contributed by atoms with Crippen molar-refractivity contribution in [3.63, 3.8) is 0 Å². The monoisotopic (exact) mass is 397 g/mol. The summed E-state index contributed by atoms with van der Waals surface area (Å²) in [5, 5.41) is 5.90. The second-order valence-electron chi connectivity index (χ2n) is 6.00. The number of nitrogens with one attached hydrogen (secondary N) is 2. The van der Waals surface area contributed by atoms with Crippen LogP contribution in [0.5, 0.6) is 0 Å². The van der Waals surface area contributed by atoms with Gasteiger partial charge in [0.1, 0.15) is 11.5 Å². The van der Waals surface area contributed by atoms with Gasteiger partial charge in [0.15, 0.2) is 0 Å². The van der Waals surface area contributed by atoms with Gasteiger partial charge in [0.25, 0.3) is 11.8 Å². The molecule has 0 radical (unpaired) electrons. The van der Waals surface area contributed by atoms with Gasteiger partial charge in [0, 0.05) is 23.3 Å². The summed E-state index contributed by atoms with van der Waals surface area (Å²) in [6, 6.07) is 16.1. The van der Waals surface area contributed by atoms with Crippen LogP contribution in [0.25, 0.3) is 0 Å². The van der Waals surface area contributed by atoms with E-state index < -0.39 is 11.7 Å². The number of halogens is 2. The van der Waals surface area contributed by atoms with Crippen molar-refractivity contribution in [2.24, 2.45) is 0 Å². The number of nitrogens with zero attached hydrogens (tertiary/aromatic N) is 1. The lowest BCUT2D eigenvalue weighted by Gasteiger charge is -2.08. The van der Waals surface area contributed by atoms with Crippen LogP contribution in [-0.4, -0.2) is 23.3 Å². The van der Waals surface area contributed by atoms with Crippen molar-refractivity contribution in [3.05, 3.63) is 94.5 Å². The average molecular weight is 398 g/mol. The molecule has 0 saturated carbocycles. The maximum Gasteiger partial charge on any atom is 0.274 e. The lowest BCUT2D eigenvalue weighted by molar-refractivity contribution is 0.0954. The fourth-order valence-corrected chi connectivity index (χ4v) is 2.64. The molecule has 0 aliphatic heterocycles. The molecule has 0 unspecified atom stereocenters. The molecule has 0 spiro atoms. The van der Waals surface area contributed by atoms with Gasteiger partial charge in [-0.3, -0.25) is 14.6 Å². The van der Waals surface area contributed by atoms with E-state index in [9.17, 15) is 14.0 Å². The molecule has 2 aromatic carbocycles. The van der Waals surface area contributed by atoms with Crippen LogP contribution in [0.2, 0.25) is 5.02 Å². The highest BCUT2D eigenvalue weighted by Crippen LogP contribution is 2.14. The van der Waals surface area contributed by atoms with Crippen LogP contribution in [0.3, 0.4) is 0 Å². The van der Waals surface area contributed by atoms with Crippen LogP contribution in [0.1, 0.15) is 26.4 Å². The van der Waals surface area contributed by atoms with Gasteiger partial charge >= 0.3 is 0 Å². The molecule has 142 valence electrons. The maximum absolute atomic E-state index is 13.7. The van der Waals surface area contributed by atoms with Crippen molar-refractivity contribution in [2.45, 2.75) is 6.42 Å². The largest absolute Gasteiger partial charge is 0.352 e. The Morgan fingerprint density at radius 3 is 2.50 bits per heavy atom. The third-order valence-corrected chi connectivity index (χ3v) is 4.24. The van der Waals surface area contributed by atoms with Crippen LogP contribution < -0.4 is 10.6 Å². The minimum absolute atomic E-state index is 0.0219. The highest BCUT2D eigenvalue weighted by molar-refractivity contribution is 6.30. The number of amides is 2.